The summed E-state index contributed by atoms with van der Waals surface area (Å²) in [4.78, 5) is 10.9. The summed E-state index contributed by atoms with van der Waals surface area (Å²) >= 11 is 1.89. The maximum absolute atomic E-state index is 13.7. The van der Waals surface area contributed by atoms with E-state index in [1.165, 1.54) is 31.0 Å². The van der Waals surface area contributed by atoms with E-state index < -0.39 is 5.97 Å². The number of carbonyl (C=O) groups is 1. The van der Waals surface area contributed by atoms with Crippen LogP contribution in [-0.4, -0.2) is 28.6 Å². The van der Waals surface area contributed by atoms with Crippen LogP contribution in [0.2, 0.25) is 0 Å². The van der Waals surface area contributed by atoms with Crippen molar-refractivity contribution in [1.29, 1.82) is 0 Å². The van der Waals surface area contributed by atoms with Crippen LogP contribution in [0.15, 0.2) is 18.2 Å². The molecule has 0 spiro atoms. The monoisotopic (exact) mass is 297 g/mol. The smallest absolute Gasteiger partial charge is 0.335 e. The third kappa shape index (κ3) is 3.96. The largest absolute Gasteiger partial charge is 0.478 e. The van der Waals surface area contributed by atoms with Gasteiger partial charge in [0.05, 0.1) is 5.56 Å². The van der Waals surface area contributed by atoms with E-state index in [9.17, 15) is 9.18 Å². The fourth-order valence-corrected chi connectivity index (χ4v) is 3.47. The van der Waals surface area contributed by atoms with Crippen molar-refractivity contribution in [1.82, 2.24) is 5.32 Å². The Morgan fingerprint density at radius 2 is 2.30 bits per heavy atom. The fourth-order valence-electron chi connectivity index (χ4n) is 2.64. The number of carboxylic acids is 1. The molecule has 0 aliphatic heterocycles. The van der Waals surface area contributed by atoms with Gasteiger partial charge < -0.3 is 10.4 Å². The number of carboxylic acid groups (broad SMARTS) is 1. The van der Waals surface area contributed by atoms with Crippen molar-refractivity contribution in [2.24, 2.45) is 0 Å². The van der Waals surface area contributed by atoms with E-state index in [2.05, 4.69) is 11.6 Å². The van der Waals surface area contributed by atoms with Crippen molar-refractivity contribution in [3.8, 4) is 0 Å². The normalized spacial score (nSPS) is 22.7. The molecule has 2 N–H and O–H groups in total. The van der Waals surface area contributed by atoms with Gasteiger partial charge in [0.1, 0.15) is 5.82 Å². The third-order valence-corrected chi connectivity index (χ3v) is 4.93. The second-order valence-corrected chi connectivity index (χ2v) is 6.35. The molecule has 0 radical (unpaired) electrons. The van der Waals surface area contributed by atoms with Crippen molar-refractivity contribution in [3.05, 3.63) is 35.1 Å². The minimum Gasteiger partial charge on any atom is -0.478 e. The summed E-state index contributed by atoms with van der Waals surface area (Å²) in [7, 11) is 0. The molecule has 2 atom stereocenters. The van der Waals surface area contributed by atoms with Gasteiger partial charge in [-0.2, -0.15) is 11.8 Å². The molecule has 0 saturated heterocycles. The van der Waals surface area contributed by atoms with Gasteiger partial charge in [-0.3, -0.25) is 0 Å². The zero-order valence-corrected chi connectivity index (χ0v) is 12.4. The summed E-state index contributed by atoms with van der Waals surface area (Å²) < 4.78 is 13.7. The van der Waals surface area contributed by atoms with Crippen LogP contribution in [-0.2, 0) is 6.54 Å². The van der Waals surface area contributed by atoms with E-state index in [1.54, 1.807) is 0 Å². The maximum Gasteiger partial charge on any atom is 0.335 e. The first-order valence-corrected chi connectivity index (χ1v) is 8.17. The zero-order valence-electron chi connectivity index (χ0n) is 11.6. The van der Waals surface area contributed by atoms with Gasteiger partial charge >= 0.3 is 5.97 Å². The second kappa shape index (κ2) is 7.09. The summed E-state index contributed by atoms with van der Waals surface area (Å²) in [5, 5.41) is 13.0. The quantitative estimate of drug-likeness (QED) is 0.875. The molecule has 1 saturated carbocycles. The lowest BCUT2D eigenvalue weighted by Gasteiger charge is -2.28. The van der Waals surface area contributed by atoms with Gasteiger partial charge in [-0.15, -0.1) is 0 Å². The lowest BCUT2D eigenvalue weighted by molar-refractivity contribution is 0.0696. The SMILES string of the molecule is CSC1CCCC(NCc2cc(C(=O)O)ccc2F)C1. The van der Waals surface area contributed by atoms with Crippen LogP contribution in [0.5, 0.6) is 0 Å². The first-order chi connectivity index (χ1) is 9.60. The molecule has 1 aromatic carbocycles. The summed E-state index contributed by atoms with van der Waals surface area (Å²) in [5.41, 5.74) is 0.560. The van der Waals surface area contributed by atoms with Gasteiger partial charge in [-0.25, -0.2) is 9.18 Å². The number of halogens is 1. The summed E-state index contributed by atoms with van der Waals surface area (Å²) in [6.45, 7) is 0.388. The molecule has 2 rings (SSSR count). The predicted octanol–water partition coefficient (Wildman–Crippen LogP) is 3.29. The highest BCUT2D eigenvalue weighted by atomic mass is 32.2. The third-order valence-electron chi connectivity index (χ3n) is 3.83. The number of thioether (sulfide) groups is 1. The number of hydrogen-bond donors (Lipinski definition) is 2. The lowest BCUT2D eigenvalue weighted by Crippen LogP contribution is -2.34. The van der Waals surface area contributed by atoms with Crippen molar-refractivity contribution in [3.63, 3.8) is 0 Å². The molecule has 1 aliphatic carbocycles. The molecule has 110 valence electrons. The summed E-state index contributed by atoms with van der Waals surface area (Å²) in [6, 6.07) is 4.34. The first kappa shape index (κ1) is 15.3. The fraction of sp³-hybridized carbons (Fsp3) is 0.533. The summed E-state index contributed by atoms with van der Waals surface area (Å²) in [5.74, 6) is -1.37. The molecule has 0 bridgehead atoms. The zero-order chi connectivity index (χ0) is 14.5. The molecule has 0 aromatic heterocycles. The van der Waals surface area contributed by atoms with Crippen LogP contribution in [0.3, 0.4) is 0 Å². The molecule has 20 heavy (non-hydrogen) atoms. The Balaban J connectivity index is 1.96. The Morgan fingerprint density at radius 3 is 3.00 bits per heavy atom. The number of hydrogen-bond acceptors (Lipinski definition) is 3. The van der Waals surface area contributed by atoms with Crippen LogP contribution in [0, 0.1) is 5.82 Å². The molecule has 0 heterocycles. The van der Waals surface area contributed by atoms with Crippen LogP contribution in [0.25, 0.3) is 0 Å². The minimum atomic E-state index is -1.02. The van der Waals surface area contributed by atoms with Gasteiger partial charge in [0, 0.05) is 23.4 Å². The van der Waals surface area contributed by atoms with E-state index in [4.69, 9.17) is 5.11 Å². The van der Waals surface area contributed by atoms with Gasteiger partial charge in [0.15, 0.2) is 0 Å². The Bertz CT molecular complexity index is 481. The molecular formula is C15H20FNO2S. The second-order valence-electron chi connectivity index (χ2n) is 5.21. The van der Waals surface area contributed by atoms with Crippen molar-refractivity contribution >= 4 is 17.7 Å². The van der Waals surface area contributed by atoms with Gasteiger partial charge in [0.2, 0.25) is 0 Å². The van der Waals surface area contributed by atoms with Gasteiger partial charge in [0.25, 0.3) is 0 Å². The Labute approximate surface area is 123 Å². The highest BCUT2D eigenvalue weighted by Crippen LogP contribution is 2.27. The standard InChI is InChI=1S/C15H20FNO2S/c1-20-13-4-2-3-12(8-13)17-9-11-7-10(15(18)19)5-6-14(11)16/h5-7,12-13,17H,2-4,8-9H2,1H3,(H,18,19). The average Bonchev–Trinajstić information content (AvgIpc) is 2.46. The Hall–Kier alpha value is -1.07. The Kier molecular flexibility index (Phi) is 5.43. The lowest BCUT2D eigenvalue weighted by atomic mass is 9.94. The molecule has 3 nitrogen and oxygen atoms in total. The van der Waals surface area contributed by atoms with Crippen molar-refractivity contribution in [2.45, 2.75) is 43.5 Å². The number of rotatable bonds is 5. The predicted molar refractivity (Wildman–Crippen MR) is 79.8 cm³/mol. The highest BCUT2D eigenvalue weighted by Gasteiger charge is 2.21. The summed E-state index contributed by atoms with van der Waals surface area (Å²) in [6.07, 6.45) is 6.78. The average molecular weight is 297 g/mol. The molecule has 1 aromatic rings. The first-order valence-electron chi connectivity index (χ1n) is 6.88. The minimum absolute atomic E-state index is 0.133. The Morgan fingerprint density at radius 1 is 1.50 bits per heavy atom. The van der Waals surface area contributed by atoms with E-state index in [1.807, 2.05) is 11.8 Å². The highest BCUT2D eigenvalue weighted by molar-refractivity contribution is 7.99. The van der Waals surface area contributed by atoms with Crippen molar-refractivity contribution < 1.29 is 14.3 Å². The molecule has 1 fully saturated rings. The topological polar surface area (TPSA) is 49.3 Å². The van der Waals surface area contributed by atoms with Gasteiger partial charge in [-0.1, -0.05) is 6.42 Å². The van der Waals surface area contributed by atoms with E-state index >= 15 is 0 Å². The van der Waals surface area contributed by atoms with Gasteiger partial charge in [-0.05, 0) is 43.7 Å². The van der Waals surface area contributed by atoms with Crippen LogP contribution < -0.4 is 5.32 Å². The van der Waals surface area contributed by atoms with Crippen molar-refractivity contribution in [2.75, 3.05) is 6.26 Å². The van der Waals surface area contributed by atoms with E-state index in [0.29, 0.717) is 23.4 Å². The molecule has 1 aliphatic rings. The molecule has 2 unspecified atom stereocenters. The molecule has 0 amide bonds. The number of nitrogens with one attached hydrogen (secondary N) is 1. The molecular weight excluding hydrogens is 277 g/mol. The van der Waals surface area contributed by atoms with Crippen LogP contribution in [0.4, 0.5) is 4.39 Å². The van der Waals surface area contributed by atoms with E-state index in [-0.39, 0.29) is 11.4 Å². The number of benzene rings is 1. The van der Waals surface area contributed by atoms with Crippen LogP contribution in [0.1, 0.15) is 41.6 Å². The van der Waals surface area contributed by atoms with E-state index in [0.717, 1.165) is 12.8 Å². The van der Waals surface area contributed by atoms with Crippen LogP contribution >= 0.6 is 11.8 Å². The molecule has 5 heteroatoms. The number of aromatic carboxylic acids is 1. The maximum atomic E-state index is 13.7.